The van der Waals surface area contributed by atoms with Crippen LogP contribution >= 0.6 is 0 Å². The highest BCUT2D eigenvalue weighted by Gasteiger charge is 2.31. The number of ether oxygens (including phenoxy) is 2. The van der Waals surface area contributed by atoms with Crippen LogP contribution in [0.4, 0.5) is 0 Å². The second-order valence-electron chi connectivity index (χ2n) is 6.42. The molecule has 0 aromatic heterocycles. The minimum absolute atomic E-state index is 0.0358. The predicted octanol–water partition coefficient (Wildman–Crippen LogP) is 2.40. The number of amides is 1. The Morgan fingerprint density at radius 3 is 2.59 bits per heavy atom. The molecule has 140 valence electrons. The van der Waals surface area contributed by atoms with E-state index in [1.165, 1.54) is 5.56 Å². The normalized spacial score (nSPS) is 16.1. The zero-order chi connectivity index (χ0) is 19.2. The third-order valence-corrected chi connectivity index (χ3v) is 4.82. The monoisotopic (exact) mass is 364 g/mol. The predicted molar refractivity (Wildman–Crippen MR) is 105 cm³/mol. The van der Waals surface area contributed by atoms with Gasteiger partial charge in [-0.15, -0.1) is 6.42 Å². The van der Waals surface area contributed by atoms with Gasteiger partial charge >= 0.3 is 0 Å². The topological polar surface area (TPSA) is 50.8 Å². The summed E-state index contributed by atoms with van der Waals surface area (Å²) >= 11 is 0. The lowest BCUT2D eigenvalue weighted by molar-refractivity contribution is -0.122. The van der Waals surface area contributed by atoms with Crippen molar-refractivity contribution in [2.24, 2.45) is 0 Å². The molecule has 1 amide bonds. The highest BCUT2D eigenvalue weighted by molar-refractivity contribution is 5.78. The molecule has 0 saturated heterocycles. The fourth-order valence-corrected chi connectivity index (χ4v) is 3.58. The van der Waals surface area contributed by atoms with E-state index in [0.29, 0.717) is 5.75 Å². The SMILES string of the molecule is C#CCNC(=O)CN1CCc2cc(OC)c(OC)cc2C1c1ccccc1. The highest BCUT2D eigenvalue weighted by atomic mass is 16.5. The molecule has 1 aliphatic heterocycles. The maximum Gasteiger partial charge on any atom is 0.234 e. The van der Waals surface area contributed by atoms with Gasteiger partial charge in [-0.2, -0.15) is 0 Å². The van der Waals surface area contributed by atoms with Crippen molar-refractivity contribution in [2.45, 2.75) is 12.5 Å². The van der Waals surface area contributed by atoms with Gasteiger partial charge in [0.05, 0.1) is 33.4 Å². The van der Waals surface area contributed by atoms with E-state index < -0.39 is 0 Å². The number of fused-ring (bicyclic) bond motifs is 1. The summed E-state index contributed by atoms with van der Waals surface area (Å²) in [6.45, 7) is 1.30. The van der Waals surface area contributed by atoms with E-state index in [1.807, 2.05) is 30.3 Å². The molecule has 0 saturated carbocycles. The van der Waals surface area contributed by atoms with E-state index in [9.17, 15) is 4.79 Å². The van der Waals surface area contributed by atoms with Crippen LogP contribution in [-0.4, -0.2) is 44.7 Å². The fraction of sp³-hybridized carbons (Fsp3) is 0.318. The molecular weight excluding hydrogens is 340 g/mol. The molecule has 0 radical (unpaired) electrons. The minimum atomic E-state index is -0.0715. The van der Waals surface area contributed by atoms with Crippen LogP contribution in [-0.2, 0) is 11.2 Å². The Labute approximate surface area is 160 Å². The molecule has 0 aliphatic carbocycles. The average molecular weight is 364 g/mol. The summed E-state index contributed by atoms with van der Waals surface area (Å²) in [6.07, 6.45) is 6.08. The number of nitrogens with zero attached hydrogens (tertiary/aromatic N) is 1. The molecule has 3 rings (SSSR count). The van der Waals surface area contributed by atoms with Crippen LogP contribution in [0.2, 0.25) is 0 Å². The van der Waals surface area contributed by atoms with Gasteiger partial charge in [0, 0.05) is 6.54 Å². The standard InChI is InChI=1S/C22H24N2O3/c1-4-11-23-21(25)15-24-12-10-17-13-19(26-2)20(27-3)14-18(17)22(24)16-8-6-5-7-9-16/h1,5-9,13-14,22H,10-12,15H2,2-3H3,(H,23,25). The summed E-state index contributed by atoms with van der Waals surface area (Å²) in [4.78, 5) is 14.5. The second-order valence-corrected chi connectivity index (χ2v) is 6.42. The van der Waals surface area contributed by atoms with Crippen molar-refractivity contribution in [3.63, 3.8) is 0 Å². The first kappa shape index (κ1) is 18.8. The molecule has 0 bridgehead atoms. The van der Waals surface area contributed by atoms with E-state index in [1.54, 1.807) is 14.2 Å². The van der Waals surface area contributed by atoms with Gasteiger partial charge in [-0.25, -0.2) is 0 Å². The third kappa shape index (κ3) is 4.07. The molecule has 0 spiro atoms. The first-order chi connectivity index (χ1) is 13.2. The number of rotatable bonds is 6. The van der Waals surface area contributed by atoms with Crippen molar-refractivity contribution in [1.29, 1.82) is 0 Å². The number of nitrogens with one attached hydrogen (secondary N) is 1. The zero-order valence-corrected chi connectivity index (χ0v) is 15.7. The van der Waals surface area contributed by atoms with Crippen molar-refractivity contribution >= 4 is 5.91 Å². The summed E-state index contributed by atoms with van der Waals surface area (Å²) in [7, 11) is 3.28. The van der Waals surface area contributed by atoms with Crippen molar-refractivity contribution in [1.82, 2.24) is 10.2 Å². The quantitative estimate of drug-likeness (QED) is 0.800. The maximum atomic E-state index is 12.3. The van der Waals surface area contributed by atoms with Gasteiger partial charge < -0.3 is 14.8 Å². The number of methoxy groups -OCH3 is 2. The first-order valence-electron chi connectivity index (χ1n) is 8.92. The molecule has 1 heterocycles. The molecule has 5 heteroatoms. The van der Waals surface area contributed by atoms with Crippen LogP contribution in [0.1, 0.15) is 22.7 Å². The van der Waals surface area contributed by atoms with E-state index in [0.717, 1.165) is 29.8 Å². The van der Waals surface area contributed by atoms with Gasteiger partial charge in [-0.3, -0.25) is 9.69 Å². The molecule has 1 unspecified atom stereocenters. The Morgan fingerprint density at radius 2 is 1.93 bits per heavy atom. The van der Waals surface area contributed by atoms with Gasteiger partial charge in [-0.1, -0.05) is 36.3 Å². The Morgan fingerprint density at radius 1 is 1.22 bits per heavy atom. The number of benzene rings is 2. The summed E-state index contributed by atoms with van der Waals surface area (Å²) in [5.41, 5.74) is 3.48. The van der Waals surface area contributed by atoms with Gasteiger partial charge in [0.25, 0.3) is 0 Å². The van der Waals surface area contributed by atoms with Crippen LogP contribution < -0.4 is 14.8 Å². The van der Waals surface area contributed by atoms with Gasteiger partial charge in [0.2, 0.25) is 5.91 Å². The van der Waals surface area contributed by atoms with Gasteiger partial charge in [-0.05, 0) is 35.2 Å². The molecule has 1 N–H and O–H groups in total. The summed E-state index contributed by atoms with van der Waals surface area (Å²) in [5.74, 6) is 3.79. The van der Waals surface area contributed by atoms with Crippen molar-refractivity contribution < 1.29 is 14.3 Å². The average Bonchev–Trinajstić information content (AvgIpc) is 2.71. The lowest BCUT2D eigenvalue weighted by Gasteiger charge is -2.37. The molecule has 1 aliphatic rings. The van der Waals surface area contributed by atoms with Crippen LogP contribution in [0.5, 0.6) is 11.5 Å². The smallest absolute Gasteiger partial charge is 0.234 e. The Balaban J connectivity index is 2.00. The van der Waals surface area contributed by atoms with Crippen LogP contribution in [0.25, 0.3) is 0 Å². The van der Waals surface area contributed by atoms with E-state index in [-0.39, 0.29) is 25.0 Å². The van der Waals surface area contributed by atoms with E-state index >= 15 is 0 Å². The number of hydrogen-bond donors (Lipinski definition) is 1. The van der Waals surface area contributed by atoms with Crippen molar-refractivity contribution in [3.8, 4) is 23.8 Å². The lowest BCUT2D eigenvalue weighted by atomic mass is 9.87. The summed E-state index contributed by atoms with van der Waals surface area (Å²) < 4.78 is 11.0. The molecule has 1 atom stereocenters. The van der Waals surface area contributed by atoms with Crippen LogP contribution in [0.15, 0.2) is 42.5 Å². The van der Waals surface area contributed by atoms with Gasteiger partial charge in [0.1, 0.15) is 0 Å². The summed E-state index contributed by atoms with van der Waals surface area (Å²) in [5, 5.41) is 2.76. The van der Waals surface area contributed by atoms with Crippen molar-refractivity contribution in [2.75, 3.05) is 33.9 Å². The Bertz CT molecular complexity index is 843. The molecular formula is C22H24N2O3. The Hall–Kier alpha value is -2.97. The first-order valence-corrected chi connectivity index (χ1v) is 8.92. The fourth-order valence-electron chi connectivity index (χ4n) is 3.58. The van der Waals surface area contributed by atoms with E-state index in [4.69, 9.17) is 15.9 Å². The summed E-state index contributed by atoms with van der Waals surface area (Å²) in [6, 6.07) is 14.2. The molecule has 2 aromatic rings. The highest BCUT2D eigenvalue weighted by Crippen LogP contribution is 2.40. The van der Waals surface area contributed by atoms with Crippen LogP contribution in [0, 0.1) is 12.3 Å². The van der Waals surface area contributed by atoms with Gasteiger partial charge in [0.15, 0.2) is 11.5 Å². The molecule has 0 fully saturated rings. The maximum absolute atomic E-state index is 12.3. The molecule has 2 aromatic carbocycles. The molecule has 27 heavy (non-hydrogen) atoms. The van der Waals surface area contributed by atoms with Crippen LogP contribution in [0.3, 0.4) is 0 Å². The second kappa shape index (κ2) is 8.61. The number of carbonyl (C=O) groups excluding carboxylic acids is 1. The lowest BCUT2D eigenvalue weighted by Crippen LogP contribution is -2.43. The third-order valence-electron chi connectivity index (χ3n) is 4.82. The van der Waals surface area contributed by atoms with E-state index in [2.05, 4.69) is 28.3 Å². The largest absolute Gasteiger partial charge is 0.493 e. The number of terminal acetylenes is 1. The number of hydrogen-bond acceptors (Lipinski definition) is 4. The zero-order valence-electron chi connectivity index (χ0n) is 15.7. The minimum Gasteiger partial charge on any atom is -0.493 e. The molecule has 5 nitrogen and oxygen atoms in total. The Kier molecular flexibility index (Phi) is 6.00. The number of carbonyl (C=O) groups is 1. The van der Waals surface area contributed by atoms with Crippen molar-refractivity contribution in [3.05, 3.63) is 59.2 Å².